The molecule has 10 nitrogen and oxygen atoms in total. The predicted octanol–water partition coefficient (Wildman–Crippen LogP) is -1.74. The molecule has 0 aromatic rings. The molecule has 5 rings (SSSR count). The first-order valence-electron chi connectivity index (χ1n) is 10.8. The molecule has 0 aromatic carbocycles. The molecule has 31 heavy (non-hydrogen) atoms. The maximum Gasteiger partial charge on any atom is 0.187 e. The first kappa shape index (κ1) is 23.5. The van der Waals surface area contributed by atoms with Crippen molar-refractivity contribution in [1.82, 2.24) is 0 Å². The van der Waals surface area contributed by atoms with Gasteiger partial charge >= 0.3 is 0 Å². The lowest BCUT2D eigenvalue weighted by atomic mass is 9.47. The van der Waals surface area contributed by atoms with Gasteiger partial charge in [0.2, 0.25) is 0 Å². The fourth-order valence-corrected chi connectivity index (χ4v) is 5.28. The second-order valence-electron chi connectivity index (χ2n) is 9.98. The summed E-state index contributed by atoms with van der Waals surface area (Å²) in [5.74, 6) is 0.813. The van der Waals surface area contributed by atoms with Gasteiger partial charge < -0.3 is 49.6 Å². The van der Waals surface area contributed by atoms with Gasteiger partial charge in [-0.2, -0.15) is 0 Å². The molecule has 0 aromatic heterocycles. The zero-order valence-electron chi connectivity index (χ0n) is 17.8. The zero-order valence-corrected chi connectivity index (χ0v) is 17.8. The Labute approximate surface area is 181 Å². The van der Waals surface area contributed by atoms with Crippen LogP contribution in [0.5, 0.6) is 0 Å². The lowest BCUT2D eigenvalue weighted by molar-refractivity contribution is -0.321. The Morgan fingerprint density at radius 1 is 1.06 bits per heavy atom. The lowest BCUT2D eigenvalue weighted by Crippen LogP contribution is -2.61. The molecule has 0 radical (unpaired) electrons. The van der Waals surface area contributed by atoms with Crippen LogP contribution in [-0.2, 0) is 18.9 Å². The monoisotopic (exact) mass is 446 g/mol. The molecule has 10 heteroatoms. The molecule has 3 aliphatic carbocycles. The Morgan fingerprint density at radius 2 is 1.77 bits per heavy atom. The molecular weight excluding hydrogens is 412 g/mol. The summed E-state index contributed by atoms with van der Waals surface area (Å²) in [6, 6.07) is 0. The summed E-state index contributed by atoms with van der Waals surface area (Å²) in [7, 11) is 0. The Hall–Kier alpha value is -0.660. The van der Waals surface area contributed by atoms with Gasteiger partial charge in [0, 0.05) is 0 Å². The molecule has 2 aliphatic heterocycles. The minimum atomic E-state index is -1.84. The van der Waals surface area contributed by atoms with Crippen molar-refractivity contribution < 1.29 is 49.6 Å². The molecule has 2 heterocycles. The van der Waals surface area contributed by atoms with Gasteiger partial charge in [-0.1, -0.05) is 20.4 Å². The Morgan fingerprint density at radius 3 is 2.35 bits per heavy atom. The molecule has 2 unspecified atom stereocenters. The molecule has 6 N–H and O–H groups in total. The summed E-state index contributed by atoms with van der Waals surface area (Å²) < 4.78 is 22.3. The number of rotatable bonds is 6. The van der Waals surface area contributed by atoms with E-state index in [4.69, 9.17) is 18.9 Å². The van der Waals surface area contributed by atoms with E-state index in [0.29, 0.717) is 11.8 Å². The third-order valence-electron chi connectivity index (χ3n) is 7.80. The molecule has 5 fully saturated rings. The van der Waals surface area contributed by atoms with E-state index in [-0.39, 0.29) is 24.7 Å². The topological polar surface area (TPSA) is 158 Å². The van der Waals surface area contributed by atoms with Crippen molar-refractivity contribution in [2.24, 2.45) is 17.3 Å². The number of aliphatic hydroxyl groups excluding tert-OH is 5. The average Bonchev–Trinajstić information content (AvgIpc) is 3.03. The third kappa shape index (κ3) is 3.86. The van der Waals surface area contributed by atoms with Crippen LogP contribution in [0.4, 0.5) is 0 Å². The normalized spacial score (nSPS) is 51.5. The van der Waals surface area contributed by atoms with Crippen LogP contribution < -0.4 is 0 Å². The standard InChI is InChI=1S/C21H34O10/c1-9-11-4-10(20(11,2)3)5-12(9)30-18-16(25)15(24)14(23)13(31-18)6-28-19-17(26)21(27,7-22)8-29-19/h10-19,22-27H,1,4-8H2,2-3H3/t10?,11?,12-,13-,14-,15+,16-,17+,18-,19-,21-/m1/s1. The summed E-state index contributed by atoms with van der Waals surface area (Å²) in [4.78, 5) is 0. The van der Waals surface area contributed by atoms with Crippen LogP contribution >= 0.6 is 0 Å². The van der Waals surface area contributed by atoms with Crippen molar-refractivity contribution in [3.8, 4) is 0 Å². The minimum absolute atomic E-state index is 0.174. The van der Waals surface area contributed by atoms with Crippen molar-refractivity contribution in [2.75, 3.05) is 19.8 Å². The molecular formula is C21H34O10. The largest absolute Gasteiger partial charge is 0.393 e. The highest BCUT2D eigenvalue weighted by Gasteiger charge is 2.56. The molecule has 3 saturated carbocycles. The summed E-state index contributed by atoms with van der Waals surface area (Å²) in [6.45, 7) is 7.27. The summed E-state index contributed by atoms with van der Waals surface area (Å²) in [6.07, 6.45) is -7.98. The van der Waals surface area contributed by atoms with Gasteiger partial charge in [0.1, 0.15) is 36.1 Å². The van der Waals surface area contributed by atoms with Gasteiger partial charge in [0.05, 0.1) is 25.9 Å². The maximum absolute atomic E-state index is 10.4. The smallest absolute Gasteiger partial charge is 0.187 e. The van der Waals surface area contributed by atoms with Crippen molar-refractivity contribution in [1.29, 1.82) is 0 Å². The van der Waals surface area contributed by atoms with E-state index in [1.54, 1.807) is 0 Å². The quantitative estimate of drug-likeness (QED) is 0.259. The van der Waals surface area contributed by atoms with Crippen molar-refractivity contribution in [3.05, 3.63) is 12.2 Å². The van der Waals surface area contributed by atoms with Gasteiger partial charge in [-0.15, -0.1) is 0 Å². The fourth-order valence-electron chi connectivity index (χ4n) is 5.28. The molecule has 178 valence electrons. The average molecular weight is 446 g/mol. The highest BCUT2D eigenvalue weighted by atomic mass is 16.7. The highest BCUT2D eigenvalue weighted by molar-refractivity contribution is 5.23. The maximum atomic E-state index is 10.4. The zero-order chi connectivity index (χ0) is 22.7. The molecule has 11 atom stereocenters. The summed E-state index contributed by atoms with van der Waals surface area (Å²) in [5.41, 5.74) is -0.718. The molecule has 2 bridgehead atoms. The second-order valence-corrected chi connectivity index (χ2v) is 9.98. The number of fused-ring (bicyclic) bond motifs is 2. The lowest BCUT2D eigenvalue weighted by Gasteiger charge is -2.60. The summed E-state index contributed by atoms with van der Waals surface area (Å²) in [5, 5.41) is 60.3. The van der Waals surface area contributed by atoms with Crippen LogP contribution in [0, 0.1) is 17.3 Å². The van der Waals surface area contributed by atoms with Gasteiger partial charge in [0.15, 0.2) is 12.6 Å². The van der Waals surface area contributed by atoms with Gasteiger partial charge in [-0.25, -0.2) is 0 Å². The van der Waals surface area contributed by atoms with Gasteiger partial charge in [-0.05, 0) is 35.7 Å². The molecule has 5 aliphatic rings. The van der Waals surface area contributed by atoms with Gasteiger partial charge in [0.25, 0.3) is 0 Å². The highest BCUT2D eigenvalue weighted by Crippen LogP contribution is 2.61. The SMILES string of the molecule is C=C1C2CC(C[C@H]1O[C@@H]1O[C@H](CO[C@@H]3OC[C@](O)(CO)[C@H]3O)[C@@H](O)[C@H](O)[C@H]1O)C2(C)C. The fraction of sp³-hybridized carbons (Fsp3) is 0.905. The summed E-state index contributed by atoms with van der Waals surface area (Å²) >= 11 is 0. The van der Waals surface area contributed by atoms with Crippen LogP contribution in [0.15, 0.2) is 12.2 Å². The van der Waals surface area contributed by atoms with Crippen molar-refractivity contribution >= 4 is 0 Å². The van der Waals surface area contributed by atoms with Gasteiger partial charge in [-0.3, -0.25) is 0 Å². The number of ether oxygens (including phenoxy) is 4. The number of hydrogen-bond acceptors (Lipinski definition) is 10. The van der Waals surface area contributed by atoms with E-state index in [9.17, 15) is 30.6 Å². The number of aliphatic hydroxyl groups is 6. The first-order chi connectivity index (χ1) is 14.5. The van der Waals surface area contributed by atoms with Crippen LogP contribution in [0.25, 0.3) is 0 Å². The minimum Gasteiger partial charge on any atom is -0.393 e. The van der Waals surface area contributed by atoms with E-state index >= 15 is 0 Å². The van der Waals surface area contributed by atoms with E-state index in [0.717, 1.165) is 18.4 Å². The third-order valence-corrected chi connectivity index (χ3v) is 7.80. The van der Waals surface area contributed by atoms with Crippen LogP contribution in [0.1, 0.15) is 26.7 Å². The molecule has 2 saturated heterocycles. The second kappa shape index (κ2) is 8.28. The van der Waals surface area contributed by atoms with Crippen LogP contribution in [-0.4, -0.2) is 105 Å². The van der Waals surface area contributed by atoms with Crippen LogP contribution in [0.2, 0.25) is 0 Å². The Kier molecular flexibility index (Phi) is 6.28. The van der Waals surface area contributed by atoms with E-state index < -0.39 is 55.3 Å². The predicted molar refractivity (Wildman–Crippen MR) is 104 cm³/mol. The molecule has 0 spiro atoms. The first-order valence-corrected chi connectivity index (χ1v) is 10.8. The van der Waals surface area contributed by atoms with Crippen LogP contribution in [0.3, 0.4) is 0 Å². The van der Waals surface area contributed by atoms with E-state index in [1.807, 2.05) is 0 Å². The molecule has 0 amide bonds. The Bertz CT molecular complexity index is 685. The van der Waals surface area contributed by atoms with Crippen molar-refractivity contribution in [3.63, 3.8) is 0 Å². The number of hydrogen-bond donors (Lipinski definition) is 6. The Balaban J connectivity index is 1.36. The van der Waals surface area contributed by atoms with E-state index in [1.165, 1.54) is 0 Å². The van der Waals surface area contributed by atoms with E-state index in [2.05, 4.69) is 20.4 Å². The van der Waals surface area contributed by atoms with Crippen molar-refractivity contribution in [2.45, 2.75) is 81.5 Å².